The molecule has 0 saturated carbocycles. The fourth-order valence-corrected chi connectivity index (χ4v) is 5.14. The summed E-state index contributed by atoms with van der Waals surface area (Å²) in [4.78, 5) is 12.5. The first-order chi connectivity index (χ1) is 16.4. The number of para-hydroxylation sites is 1. The first-order valence-corrected chi connectivity index (χ1v) is 11.9. The van der Waals surface area contributed by atoms with Crippen molar-refractivity contribution >= 4 is 40.4 Å². The lowest BCUT2D eigenvalue weighted by Gasteiger charge is -2.14. The predicted octanol–water partition coefficient (Wildman–Crippen LogP) is 4.31. The molecule has 9 heteroatoms. The summed E-state index contributed by atoms with van der Waals surface area (Å²) in [5.74, 6) is 2.20. The summed E-state index contributed by atoms with van der Waals surface area (Å²) < 4.78 is 13.3. The number of aliphatic imine (C=N–C) groups is 1. The zero-order valence-corrected chi connectivity index (χ0v) is 20.8. The van der Waals surface area contributed by atoms with E-state index < -0.39 is 0 Å². The number of ether oxygens (including phenoxy) is 2. The number of hydrogen-bond acceptors (Lipinski definition) is 6. The zero-order valence-electron chi connectivity index (χ0n) is 20.0. The van der Waals surface area contributed by atoms with Crippen molar-refractivity contribution in [3.05, 3.63) is 58.7 Å². The number of nitrogens with one attached hydrogen (secondary N) is 1. The van der Waals surface area contributed by atoms with E-state index in [9.17, 15) is 0 Å². The van der Waals surface area contributed by atoms with Gasteiger partial charge in [0.1, 0.15) is 5.52 Å². The average molecular weight is 479 g/mol. The molecular weight excluding hydrogens is 448 g/mol. The Labute approximate surface area is 204 Å². The highest BCUT2D eigenvalue weighted by molar-refractivity contribution is 8.03. The summed E-state index contributed by atoms with van der Waals surface area (Å²) in [5, 5.41) is 2.11. The number of thioether (sulfide) groups is 1. The number of hydrogen-bond donors (Lipinski definition) is 1. The number of guanidine groups is 1. The Morgan fingerprint density at radius 2 is 1.94 bits per heavy atom. The summed E-state index contributed by atoms with van der Waals surface area (Å²) >= 11 is 1.74. The lowest BCUT2D eigenvalue weighted by atomic mass is 10.1. The van der Waals surface area contributed by atoms with Crippen LogP contribution in [0.2, 0.25) is 0 Å². The smallest absolute Gasteiger partial charge is 0.299 e. The molecule has 0 aliphatic carbocycles. The van der Waals surface area contributed by atoms with Crippen molar-refractivity contribution in [2.24, 2.45) is 17.8 Å². The van der Waals surface area contributed by atoms with E-state index in [1.807, 2.05) is 19.2 Å². The van der Waals surface area contributed by atoms with Crippen molar-refractivity contribution in [2.45, 2.75) is 24.2 Å². The van der Waals surface area contributed by atoms with Crippen molar-refractivity contribution in [3.63, 3.8) is 0 Å². The molecule has 2 aromatic carbocycles. The molecule has 8 nitrogen and oxygen atoms in total. The predicted molar refractivity (Wildman–Crippen MR) is 138 cm³/mol. The van der Waals surface area contributed by atoms with Crippen molar-refractivity contribution in [1.29, 1.82) is 0 Å². The van der Waals surface area contributed by atoms with E-state index in [1.54, 1.807) is 26.0 Å². The SMILES string of the molecule is COc1cc2c(/C=C3\Sc4ccccc4N3C)nc(CCCCN=C([NH-])N)[n+](C)c2cc1OC. The van der Waals surface area contributed by atoms with Gasteiger partial charge in [-0.15, -0.1) is 0 Å². The second-order valence-corrected chi connectivity index (χ2v) is 9.09. The number of anilines is 1. The Bertz CT molecular complexity index is 1270. The summed E-state index contributed by atoms with van der Waals surface area (Å²) in [6.45, 7) is 0.550. The van der Waals surface area contributed by atoms with Gasteiger partial charge in [-0.25, -0.2) is 4.57 Å². The van der Waals surface area contributed by atoms with Crippen LogP contribution in [0.3, 0.4) is 0 Å². The minimum absolute atomic E-state index is 0.122. The second-order valence-electron chi connectivity index (χ2n) is 8.03. The molecule has 0 amide bonds. The molecule has 0 atom stereocenters. The lowest BCUT2D eigenvalue weighted by molar-refractivity contribution is -0.656. The van der Waals surface area contributed by atoms with Gasteiger partial charge >= 0.3 is 0 Å². The maximum atomic E-state index is 7.25. The van der Waals surface area contributed by atoms with Gasteiger partial charge in [0, 0.05) is 24.1 Å². The van der Waals surface area contributed by atoms with E-state index in [0.717, 1.165) is 46.7 Å². The number of rotatable bonds is 8. The minimum Gasteiger partial charge on any atom is -0.493 e. The summed E-state index contributed by atoms with van der Waals surface area (Å²) in [7, 11) is 7.40. The van der Waals surface area contributed by atoms with Crippen LogP contribution in [0, 0.1) is 0 Å². The van der Waals surface area contributed by atoms with Gasteiger partial charge in [-0.05, 0) is 48.5 Å². The van der Waals surface area contributed by atoms with Crippen molar-refractivity contribution in [3.8, 4) is 11.5 Å². The van der Waals surface area contributed by atoms with E-state index in [2.05, 4.69) is 51.8 Å². The van der Waals surface area contributed by atoms with Gasteiger partial charge in [-0.2, -0.15) is 0 Å². The van der Waals surface area contributed by atoms with Crippen molar-refractivity contribution < 1.29 is 14.0 Å². The number of benzene rings is 2. The van der Waals surface area contributed by atoms with Crippen LogP contribution in [0.15, 0.2) is 51.3 Å². The van der Waals surface area contributed by atoms with Gasteiger partial charge in [-0.1, -0.05) is 23.9 Å². The van der Waals surface area contributed by atoms with Gasteiger partial charge in [0.15, 0.2) is 17.2 Å². The molecule has 3 N–H and O–H groups in total. The number of nitrogens with two attached hydrogens (primary N) is 1. The average Bonchev–Trinajstić information content (AvgIpc) is 3.15. The van der Waals surface area contributed by atoms with E-state index in [4.69, 9.17) is 25.9 Å². The first kappa shape index (κ1) is 23.7. The molecule has 34 heavy (non-hydrogen) atoms. The van der Waals surface area contributed by atoms with Gasteiger partial charge < -0.3 is 30.8 Å². The lowest BCUT2D eigenvalue weighted by Crippen LogP contribution is -2.36. The van der Waals surface area contributed by atoms with Crippen LogP contribution in [0.25, 0.3) is 22.7 Å². The van der Waals surface area contributed by atoms with Gasteiger partial charge in [0.2, 0.25) is 0 Å². The van der Waals surface area contributed by atoms with Gasteiger partial charge in [0.25, 0.3) is 5.82 Å². The molecule has 0 spiro atoms. The van der Waals surface area contributed by atoms with Crippen LogP contribution in [-0.2, 0) is 13.5 Å². The number of aromatic nitrogens is 2. The van der Waals surface area contributed by atoms with Crippen molar-refractivity contribution in [1.82, 2.24) is 4.98 Å². The standard InChI is InChI=1S/C25H30N6O2S/c1-30-19-15-21(33-4)20(32-3)13-16(19)17(29-23(30)11-7-8-12-28-25(26)27)14-24-31(2)18-9-5-6-10-22(18)34-24/h5-6,9-10,13-15H,7-8,11-12H2,1-4H3,(H3-,26,27,28). The minimum atomic E-state index is -0.122. The summed E-state index contributed by atoms with van der Waals surface area (Å²) in [5.41, 5.74) is 15.7. The Kier molecular flexibility index (Phi) is 7.12. The van der Waals surface area contributed by atoms with E-state index in [1.165, 1.54) is 10.6 Å². The maximum absolute atomic E-state index is 7.25. The Hall–Kier alpha value is -3.46. The highest BCUT2D eigenvalue weighted by Gasteiger charge is 2.25. The number of fused-ring (bicyclic) bond motifs is 2. The van der Waals surface area contributed by atoms with Gasteiger partial charge in [-0.3, -0.25) is 0 Å². The third kappa shape index (κ3) is 4.75. The van der Waals surface area contributed by atoms with Crippen LogP contribution >= 0.6 is 11.8 Å². The summed E-state index contributed by atoms with van der Waals surface area (Å²) in [6.07, 6.45) is 4.67. The third-order valence-corrected chi connectivity index (χ3v) is 7.06. The maximum Gasteiger partial charge on any atom is 0.299 e. The molecule has 0 radical (unpaired) electrons. The molecule has 1 aliphatic heterocycles. The molecule has 0 unspecified atom stereocenters. The molecule has 2 heterocycles. The topological polar surface area (TPSA) is 101 Å². The molecule has 0 fully saturated rings. The number of nitrogens with zero attached hydrogens (tertiary/aromatic N) is 4. The summed E-state index contributed by atoms with van der Waals surface area (Å²) in [6, 6.07) is 12.4. The highest BCUT2D eigenvalue weighted by Crippen LogP contribution is 2.45. The zero-order chi connectivity index (χ0) is 24.2. The van der Waals surface area contributed by atoms with Crippen LogP contribution in [0.4, 0.5) is 5.69 Å². The van der Waals surface area contributed by atoms with Crippen LogP contribution in [0.5, 0.6) is 11.5 Å². The van der Waals surface area contributed by atoms with Crippen molar-refractivity contribution in [2.75, 3.05) is 32.7 Å². The van der Waals surface area contributed by atoms with Crippen LogP contribution < -0.4 is 24.7 Å². The van der Waals surface area contributed by atoms with Crippen LogP contribution in [0.1, 0.15) is 24.4 Å². The molecule has 4 rings (SSSR count). The normalized spacial score (nSPS) is 14.6. The molecule has 1 aliphatic rings. The largest absolute Gasteiger partial charge is 0.493 e. The third-order valence-electron chi connectivity index (χ3n) is 5.90. The Morgan fingerprint density at radius 1 is 1.21 bits per heavy atom. The molecule has 3 aromatic rings. The monoisotopic (exact) mass is 478 g/mol. The number of aryl methyl sites for hydroxylation is 2. The molecule has 1 aromatic heterocycles. The fourth-order valence-electron chi connectivity index (χ4n) is 4.06. The number of unbranched alkanes of at least 4 members (excludes halogenated alkanes) is 1. The first-order valence-electron chi connectivity index (χ1n) is 11.1. The highest BCUT2D eigenvalue weighted by atomic mass is 32.2. The van der Waals surface area contributed by atoms with Gasteiger partial charge in [0.05, 0.1) is 43.8 Å². The Morgan fingerprint density at radius 3 is 2.65 bits per heavy atom. The van der Waals surface area contributed by atoms with E-state index in [0.29, 0.717) is 18.0 Å². The fraction of sp³-hybridized carbons (Fsp3) is 0.320. The quantitative estimate of drug-likeness (QED) is 0.224. The van der Waals surface area contributed by atoms with E-state index >= 15 is 0 Å². The molecule has 0 saturated heterocycles. The molecule has 178 valence electrons. The van der Waals surface area contributed by atoms with Crippen LogP contribution in [-0.4, -0.2) is 38.8 Å². The molecular formula is C25H30N6O2S. The van der Waals surface area contributed by atoms with E-state index in [-0.39, 0.29) is 5.96 Å². The second kappa shape index (κ2) is 10.2. The number of methoxy groups -OCH3 is 2. The Balaban J connectivity index is 1.77. The molecule has 0 bridgehead atoms.